The van der Waals surface area contributed by atoms with Crippen LogP contribution in [0.1, 0.15) is 19.4 Å². The lowest BCUT2D eigenvalue weighted by atomic mass is 10.2. The van der Waals surface area contributed by atoms with Crippen molar-refractivity contribution in [2.24, 2.45) is 0 Å². The minimum atomic E-state index is -2.77. The molecule has 0 unspecified atom stereocenters. The number of hydrogen-bond acceptors (Lipinski definition) is 2. The van der Waals surface area contributed by atoms with Crippen molar-refractivity contribution in [3.63, 3.8) is 0 Å². The van der Waals surface area contributed by atoms with E-state index in [1.54, 1.807) is 24.3 Å². The molecule has 15 heavy (non-hydrogen) atoms. The Hall–Kier alpha value is -1.16. The Labute approximate surface area is 88.3 Å². The lowest BCUT2D eigenvalue weighted by Gasteiger charge is -2.12. The molecular weight excluding hydrogens is 200 g/mol. The van der Waals surface area contributed by atoms with E-state index in [4.69, 9.17) is 0 Å². The van der Waals surface area contributed by atoms with Gasteiger partial charge in [0, 0.05) is 18.2 Å². The van der Waals surface area contributed by atoms with Crippen molar-refractivity contribution in [2.75, 3.05) is 0 Å². The van der Waals surface area contributed by atoms with E-state index in [1.165, 1.54) is 0 Å². The van der Waals surface area contributed by atoms with E-state index in [-0.39, 0.29) is 5.75 Å². The van der Waals surface area contributed by atoms with Gasteiger partial charge >= 0.3 is 6.61 Å². The largest absolute Gasteiger partial charge is 0.434 e. The molecule has 1 rings (SSSR count). The van der Waals surface area contributed by atoms with E-state index in [1.807, 2.05) is 13.8 Å². The Morgan fingerprint density at radius 2 is 1.93 bits per heavy atom. The first-order valence-corrected chi connectivity index (χ1v) is 4.85. The van der Waals surface area contributed by atoms with Gasteiger partial charge in [0.2, 0.25) is 0 Å². The Balaban J connectivity index is 2.68. The van der Waals surface area contributed by atoms with Crippen LogP contribution in [-0.4, -0.2) is 12.7 Å². The molecule has 0 bridgehead atoms. The summed E-state index contributed by atoms with van der Waals surface area (Å²) in [6.07, 6.45) is 0. The van der Waals surface area contributed by atoms with Crippen LogP contribution in [0.15, 0.2) is 24.3 Å². The zero-order chi connectivity index (χ0) is 11.3. The van der Waals surface area contributed by atoms with Gasteiger partial charge in [0.25, 0.3) is 0 Å². The summed E-state index contributed by atoms with van der Waals surface area (Å²) in [5, 5.41) is 3.15. The number of para-hydroxylation sites is 1. The number of alkyl halides is 2. The quantitative estimate of drug-likeness (QED) is 0.815. The molecule has 0 spiro atoms. The number of nitrogens with one attached hydrogen (secondary N) is 1. The second-order valence-electron chi connectivity index (χ2n) is 3.52. The summed E-state index contributed by atoms with van der Waals surface area (Å²) >= 11 is 0. The van der Waals surface area contributed by atoms with E-state index in [0.717, 1.165) is 5.56 Å². The van der Waals surface area contributed by atoms with Crippen LogP contribution in [0.3, 0.4) is 0 Å². The lowest BCUT2D eigenvalue weighted by Crippen LogP contribution is -2.22. The fourth-order valence-corrected chi connectivity index (χ4v) is 1.17. The van der Waals surface area contributed by atoms with Gasteiger partial charge in [0.15, 0.2) is 0 Å². The second-order valence-corrected chi connectivity index (χ2v) is 3.52. The van der Waals surface area contributed by atoms with Crippen LogP contribution in [0.2, 0.25) is 0 Å². The molecule has 0 aliphatic carbocycles. The Kier molecular flexibility index (Phi) is 4.49. The van der Waals surface area contributed by atoms with Gasteiger partial charge in [-0.1, -0.05) is 32.0 Å². The summed E-state index contributed by atoms with van der Waals surface area (Å²) in [5.41, 5.74) is 0.742. The summed E-state index contributed by atoms with van der Waals surface area (Å²) < 4.78 is 28.5. The molecule has 0 fully saturated rings. The molecule has 0 radical (unpaired) electrons. The zero-order valence-electron chi connectivity index (χ0n) is 8.84. The third-order valence-corrected chi connectivity index (χ3v) is 1.89. The molecule has 0 aromatic heterocycles. The van der Waals surface area contributed by atoms with E-state index in [2.05, 4.69) is 10.1 Å². The first-order valence-electron chi connectivity index (χ1n) is 4.85. The van der Waals surface area contributed by atoms with Gasteiger partial charge < -0.3 is 10.1 Å². The maximum Gasteiger partial charge on any atom is 0.387 e. The van der Waals surface area contributed by atoms with Gasteiger partial charge in [0.1, 0.15) is 5.75 Å². The maximum atomic E-state index is 12.1. The van der Waals surface area contributed by atoms with Gasteiger partial charge in [-0.15, -0.1) is 0 Å². The molecule has 4 heteroatoms. The third-order valence-electron chi connectivity index (χ3n) is 1.89. The molecule has 0 saturated carbocycles. The molecule has 0 aliphatic heterocycles. The Bertz CT molecular complexity index is 302. The van der Waals surface area contributed by atoms with E-state index >= 15 is 0 Å². The van der Waals surface area contributed by atoms with Crippen molar-refractivity contribution >= 4 is 0 Å². The van der Waals surface area contributed by atoms with Gasteiger partial charge in [-0.3, -0.25) is 0 Å². The average molecular weight is 215 g/mol. The van der Waals surface area contributed by atoms with E-state index < -0.39 is 6.61 Å². The Morgan fingerprint density at radius 1 is 1.27 bits per heavy atom. The molecule has 0 amide bonds. The summed E-state index contributed by atoms with van der Waals surface area (Å²) in [5.74, 6) is 0.237. The number of benzene rings is 1. The smallest absolute Gasteiger partial charge is 0.387 e. The highest BCUT2D eigenvalue weighted by Gasteiger charge is 2.08. The number of ether oxygens (including phenoxy) is 1. The predicted molar refractivity (Wildman–Crippen MR) is 55.0 cm³/mol. The van der Waals surface area contributed by atoms with E-state index in [0.29, 0.717) is 12.6 Å². The van der Waals surface area contributed by atoms with E-state index in [9.17, 15) is 8.78 Å². The Morgan fingerprint density at radius 3 is 2.53 bits per heavy atom. The van der Waals surface area contributed by atoms with Gasteiger partial charge in [-0.25, -0.2) is 0 Å². The average Bonchev–Trinajstić information content (AvgIpc) is 2.15. The van der Waals surface area contributed by atoms with Crippen LogP contribution in [-0.2, 0) is 6.54 Å². The zero-order valence-corrected chi connectivity index (χ0v) is 8.84. The highest BCUT2D eigenvalue weighted by molar-refractivity contribution is 5.33. The molecular formula is C11H15F2NO. The first kappa shape index (κ1) is 11.9. The third kappa shape index (κ3) is 4.25. The van der Waals surface area contributed by atoms with Gasteiger partial charge in [-0.2, -0.15) is 8.78 Å². The number of halogens is 2. The molecule has 1 N–H and O–H groups in total. The monoisotopic (exact) mass is 215 g/mol. The minimum absolute atomic E-state index is 0.237. The number of rotatable bonds is 5. The standard InChI is InChI=1S/C11H15F2NO/c1-8(2)14-7-9-5-3-4-6-10(9)15-11(12)13/h3-6,8,11,14H,7H2,1-2H3. The van der Waals surface area contributed by atoms with Crippen molar-refractivity contribution in [3.05, 3.63) is 29.8 Å². The summed E-state index contributed by atoms with van der Waals surface area (Å²) in [7, 11) is 0. The van der Waals surface area contributed by atoms with Gasteiger partial charge in [0.05, 0.1) is 0 Å². The predicted octanol–water partition coefficient (Wildman–Crippen LogP) is 2.79. The van der Waals surface area contributed by atoms with Crippen molar-refractivity contribution < 1.29 is 13.5 Å². The topological polar surface area (TPSA) is 21.3 Å². The van der Waals surface area contributed by atoms with Crippen molar-refractivity contribution in [1.82, 2.24) is 5.32 Å². The summed E-state index contributed by atoms with van der Waals surface area (Å²) in [6.45, 7) is 1.75. The normalized spacial score (nSPS) is 11.1. The second kappa shape index (κ2) is 5.66. The van der Waals surface area contributed by atoms with Gasteiger partial charge in [-0.05, 0) is 6.07 Å². The van der Waals surface area contributed by atoms with Crippen LogP contribution in [0.25, 0.3) is 0 Å². The van der Waals surface area contributed by atoms with Crippen molar-refractivity contribution in [1.29, 1.82) is 0 Å². The van der Waals surface area contributed by atoms with Crippen LogP contribution < -0.4 is 10.1 Å². The SMILES string of the molecule is CC(C)NCc1ccccc1OC(F)F. The van der Waals surface area contributed by atoms with Crippen molar-refractivity contribution in [2.45, 2.75) is 33.0 Å². The molecule has 0 aliphatic rings. The molecule has 1 aromatic rings. The van der Waals surface area contributed by atoms with Crippen LogP contribution in [0.5, 0.6) is 5.75 Å². The highest BCUT2D eigenvalue weighted by Crippen LogP contribution is 2.19. The molecule has 0 saturated heterocycles. The summed E-state index contributed by atoms with van der Waals surface area (Å²) in [6, 6.07) is 7.10. The molecule has 0 atom stereocenters. The molecule has 1 aromatic carbocycles. The maximum absolute atomic E-state index is 12.1. The fraction of sp³-hybridized carbons (Fsp3) is 0.455. The van der Waals surface area contributed by atoms with Crippen LogP contribution >= 0.6 is 0 Å². The lowest BCUT2D eigenvalue weighted by molar-refractivity contribution is -0.0505. The minimum Gasteiger partial charge on any atom is -0.434 e. The molecule has 2 nitrogen and oxygen atoms in total. The first-order chi connectivity index (χ1) is 7.09. The summed E-state index contributed by atoms with van der Waals surface area (Å²) in [4.78, 5) is 0. The van der Waals surface area contributed by atoms with Crippen molar-refractivity contribution in [3.8, 4) is 5.75 Å². The molecule has 0 heterocycles. The van der Waals surface area contributed by atoms with Crippen LogP contribution in [0, 0.1) is 0 Å². The fourth-order valence-electron chi connectivity index (χ4n) is 1.17. The van der Waals surface area contributed by atoms with Crippen LogP contribution in [0.4, 0.5) is 8.78 Å². The molecule has 84 valence electrons. The number of hydrogen-bond donors (Lipinski definition) is 1. The highest BCUT2D eigenvalue weighted by atomic mass is 19.3.